The highest BCUT2D eigenvalue weighted by Gasteiger charge is 2.58. The van der Waals surface area contributed by atoms with Crippen molar-refractivity contribution in [2.45, 2.75) is 64.0 Å². The van der Waals surface area contributed by atoms with Gasteiger partial charge in [-0.2, -0.15) is 18.6 Å². The number of nitrogens with zero attached hydrogens (tertiary/aromatic N) is 9. The summed E-state index contributed by atoms with van der Waals surface area (Å²) in [6.45, 7) is 7.58. The maximum atomic E-state index is 16.5. The maximum absolute atomic E-state index is 16.5. The first-order chi connectivity index (χ1) is 34.8. The molecular formula is C52H52F3N10O6P. The van der Waals surface area contributed by atoms with Crippen molar-refractivity contribution in [2.75, 3.05) is 36.0 Å². The Morgan fingerprint density at radius 3 is 1.79 bits per heavy atom. The summed E-state index contributed by atoms with van der Waals surface area (Å²) in [6.07, 6.45) is 2.45. The van der Waals surface area contributed by atoms with Crippen LogP contribution in [0.25, 0.3) is 16.8 Å². The lowest BCUT2D eigenvalue weighted by Crippen LogP contribution is -2.52. The fraction of sp³-hybridized carbons (Fsp3) is 0.269. The van der Waals surface area contributed by atoms with Gasteiger partial charge in [0.1, 0.15) is 17.8 Å². The van der Waals surface area contributed by atoms with E-state index in [4.69, 9.17) is 13.6 Å². The standard InChI is InChI=1S/C52H52F3N10O6P/c1-4-47(37(2)71-72(68,69-34-38-13-7-5-8-14-38)70-35-39-15-9-6-10-16-39)64-50(67)63(36-57-64)44-26-24-43(25-27-44)62-31-29-61(30-32-62)42-22-19-40(20-23-42)41-21-28-48(56-33-41)52(54,55)51(3,65-49(66)58-59-60-65)45-17-11-12-18-46(45)53/h5-28,33,36-37,47H,4,29-32,34-35H2,1-3H3,(H,58,60,66)/t37-,47-,51-/m0/s1. The minimum absolute atomic E-state index is 0.000995. The number of phosphoric acid groups is 1. The van der Waals surface area contributed by atoms with Gasteiger partial charge in [0, 0.05) is 54.9 Å². The molecule has 72 heavy (non-hydrogen) atoms. The van der Waals surface area contributed by atoms with Crippen LogP contribution in [-0.4, -0.2) is 71.8 Å². The first-order valence-electron chi connectivity index (χ1n) is 23.4. The minimum Gasteiger partial charge on any atom is -0.368 e. The van der Waals surface area contributed by atoms with Crippen molar-refractivity contribution in [1.82, 2.24) is 39.5 Å². The number of halogens is 3. The molecule has 0 unspecified atom stereocenters. The molecule has 16 nitrogen and oxygen atoms in total. The number of pyridine rings is 1. The Labute approximate surface area is 412 Å². The largest absolute Gasteiger partial charge is 0.475 e. The zero-order valence-electron chi connectivity index (χ0n) is 39.7. The molecule has 9 rings (SSSR count). The predicted octanol–water partition coefficient (Wildman–Crippen LogP) is 9.29. The summed E-state index contributed by atoms with van der Waals surface area (Å²) in [7, 11) is -4.14. The average Bonchev–Trinajstić information content (AvgIpc) is 4.03. The molecule has 0 spiro atoms. The highest BCUT2D eigenvalue weighted by atomic mass is 31.2. The number of alkyl halides is 2. The molecule has 0 amide bonds. The molecule has 0 bridgehead atoms. The van der Waals surface area contributed by atoms with E-state index in [2.05, 4.69) is 30.3 Å². The molecular weight excluding hydrogens is 949 g/mol. The number of piperazine rings is 1. The smallest absolute Gasteiger partial charge is 0.368 e. The van der Waals surface area contributed by atoms with E-state index in [0.29, 0.717) is 22.4 Å². The molecule has 8 aromatic rings. The molecule has 5 aromatic carbocycles. The number of anilines is 2. The second-order valence-corrected chi connectivity index (χ2v) is 19.1. The van der Waals surface area contributed by atoms with Crippen LogP contribution >= 0.6 is 7.82 Å². The van der Waals surface area contributed by atoms with Gasteiger partial charge in [-0.05, 0) is 95.9 Å². The molecule has 0 radical (unpaired) electrons. The van der Waals surface area contributed by atoms with Crippen LogP contribution in [0, 0.1) is 5.82 Å². The van der Waals surface area contributed by atoms with Gasteiger partial charge in [-0.3, -0.25) is 18.6 Å². The van der Waals surface area contributed by atoms with Crippen molar-refractivity contribution in [1.29, 1.82) is 0 Å². The number of nitrogens with one attached hydrogen (secondary N) is 1. The third-order valence-corrected chi connectivity index (χ3v) is 14.5. The second-order valence-electron chi connectivity index (χ2n) is 17.5. The topological polar surface area (TPSA) is 168 Å². The van der Waals surface area contributed by atoms with Gasteiger partial charge < -0.3 is 9.80 Å². The van der Waals surface area contributed by atoms with Gasteiger partial charge in [0.15, 0.2) is 5.54 Å². The Morgan fingerprint density at radius 2 is 1.26 bits per heavy atom. The summed E-state index contributed by atoms with van der Waals surface area (Å²) >= 11 is 0. The number of aromatic nitrogens is 8. The molecule has 20 heteroatoms. The molecule has 4 heterocycles. The van der Waals surface area contributed by atoms with Crippen molar-refractivity contribution in [3.8, 4) is 16.8 Å². The summed E-state index contributed by atoms with van der Waals surface area (Å²) < 4.78 is 83.3. The van der Waals surface area contributed by atoms with Crippen LogP contribution in [0.4, 0.5) is 24.5 Å². The van der Waals surface area contributed by atoms with E-state index in [1.165, 1.54) is 52.1 Å². The van der Waals surface area contributed by atoms with E-state index < -0.39 is 54.2 Å². The molecule has 0 aliphatic carbocycles. The lowest BCUT2D eigenvalue weighted by Gasteiger charge is -2.37. The zero-order chi connectivity index (χ0) is 50.5. The van der Waals surface area contributed by atoms with Gasteiger partial charge >= 0.3 is 25.1 Å². The summed E-state index contributed by atoms with van der Waals surface area (Å²) in [6, 6.07) is 41.1. The molecule has 1 aliphatic rings. The molecule has 372 valence electrons. The molecule has 1 aliphatic heterocycles. The Morgan fingerprint density at radius 1 is 0.722 bits per heavy atom. The van der Waals surface area contributed by atoms with E-state index in [0.717, 1.165) is 67.2 Å². The summed E-state index contributed by atoms with van der Waals surface area (Å²) in [5.41, 5.74) is 0.392. The molecule has 3 atom stereocenters. The van der Waals surface area contributed by atoms with Crippen molar-refractivity contribution >= 4 is 19.2 Å². The van der Waals surface area contributed by atoms with E-state index in [1.54, 1.807) is 6.92 Å². The third kappa shape index (κ3) is 10.2. The van der Waals surface area contributed by atoms with Gasteiger partial charge in [0.25, 0.3) is 0 Å². The van der Waals surface area contributed by atoms with Crippen LogP contribution < -0.4 is 21.2 Å². The summed E-state index contributed by atoms with van der Waals surface area (Å²) in [5, 5.41) is 13.4. The Hall–Kier alpha value is -7.44. The van der Waals surface area contributed by atoms with Gasteiger partial charge in [-0.25, -0.2) is 32.9 Å². The zero-order valence-corrected chi connectivity index (χ0v) is 40.6. The van der Waals surface area contributed by atoms with Crippen LogP contribution in [0.2, 0.25) is 0 Å². The number of H-pyrrole nitrogens is 1. The quantitative estimate of drug-likeness (QED) is 0.0764. The molecule has 1 saturated heterocycles. The molecule has 3 aromatic heterocycles. The number of benzene rings is 5. The molecule has 1 fully saturated rings. The number of hydrogen-bond donors (Lipinski definition) is 1. The van der Waals surface area contributed by atoms with E-state index >= 15 is 13.2 Å². The predicted molar refractivity (Wildman–Crippen MR) is 266 cm³/mol. The number of aromatic amines is 1. The SMILES string of the molecule is CC[C@@H]([C@H](C)OP(=O)(OCc1ccccc1)OCc1ccccc1)n1ncn(-c2ccc(N3CCN(c4ccc(-c5ccc(C(F)(F)[C@](C)(c6ccccc6F)n6nn[nH]c6=O)nc5)cc4)CC3)cc2)c1=O. The maximum Gasteiger partial charge on any atom is 0.475 e. The van der Waals surface area contributed by atoms with Crippen molar-refractivity contribution in [2.24, 2.45) is 0 Å². The Balaban J connectivity index is 0.818. The van der Waals surface area contributed by atoms with Crippen molar-refractivity contribution in [3.05, 3.63) is 207 Å². The Bertz CT molecular complexity index is 3190. The monoisotopic (exact) mass is 1000 g/mol. The first kappa shape index (κ1) is 49.5. The number of tetrazole rings is 1. The molecule has 1 N–H and O–H groups in total. The van der Waals surface area contributed by atoms with Gasteiger partial charge in [-0.1, -0.05) is 104 Å². The third-order valence-electron chi connectivity index (χ3n) is 13.1. The fourth-order valence-corrected chi connectivity index (χ4v) is 10.3. The highest BCUT2D eigenvalue weighted by molar-refractivity contribution is 7.48. The number of rotatable bonds is 19. The lowest BCUT2D eigenvalue weighted by atomic mass is 9.83. The number of phosphoric ester groups is 1. The van der Waals surface area contributed by atoms with Crippen LogP contribution in [0.1, 0.15) is 55.6 Å². The highest BCUT2D eigenvalue weighted by Crippen LogP contribution is 2.53. The van der Waals surface area contributed by atoms with Crippen LogP contribution in [0.15, 0.2) is 168 Å². The number of hydrogen-bond acceptors (Lipinski definition) is 12. The van der Waals surface area contributed by atoms with Crippen LogP contribution in [0.5, 0.6) is 0 Å². The first-order valence-corrected chi connectivity index (χ1v) is 24.9. The van der Waals surface area contributed by atoms with Gasteiger partial charge in [0.2, 0.25) is 0 Å². The minimum atomic E-state index is -4.14. The van der Waals surface area contributed by atoms with Gasteiger partial charge in [-0.15, -0.1) is 0 Å². The normalized spacial score (nSPS) is 15.0. The van der Waals surface area contributed by atoms with E-state index in [1.807, 2.05) is 121 Å². The fourth-order valence-electron chi connectivity index (χ4n) is 8.93. The van der Waals surface area contributed by atoms with Gasteiger partial charge in [0.05, 0.1) is 31.0 Å². The van der Waals surface area contributed by atoms with Crippen LogP contribution in [-0.2, 0) is 42.8 Å². The lowest BCUT2D eigenvalue weighted by molar-refractivity contribution is -0.104. The van der Waals surface area contributed by atoms with E-state index in [-0.39, 0.29) is 18.9 Å². The van der Waals surface area contributed by atoms with E-state index in [9.17, 15) is 14.2 Å². The summed E-state index contributed by atoms with van der Waals surface area (Å²) in [4.78, 5) is 35.1. The Kier molecular flexibility index (Phi) is 14.5. The van der Waals surface area contributed by atoms with Crippen molar-refractivity contribution < 1.29 is 31.3 Å². The van der Waals surface area contributed by atoms with Crippen LogP contribution in [0.3, 0.4) is 0 Å². The summed E-state index contributed by atoms with van der Waals surface area (Å²) in [5.74, 6) is -4.85. The average molecular weight is 1000 g/mol. The molecule has 0 saturated carbocycles. The van der Waals surface area contributed by atoms with Crippen molar-refractivity contribution in [3.63, 3.8) is 0 Å². The second kappa shape index (κ2) is 21.1.